The van der Waals surface area contributed by atoms with Crippen LogP contribution in [-0.4, -0.2) is 45.1 Å². The fraction of sp³-hybridized carbons (Fsp3) is 0.143. The molecule has 2 N–H and O–H groups in total. The Morgan fingerprint density at radius 3 is 2.31 bits per heavy atom. The van der Waals surface area contributed by atoms with Crippen LogP contribution in [0.3, 0.4) is 0 Å². The van der Waals surface area contributed by atoms with Crippen LogP contribution in [0.2, 0.25) is 0 Å². The molecule has 13 heavy (non-hydrogen) atoms. The van der Waals surface area contributed by atoms with E-state index in [4.69, 9.17) is 5.73 Å². The van der Waals surface area contributed by atoms with Crippen molar-refractivity contribution in [3.05, 3.63) is 24.3 Å². The molecule has 0 saturated heterocycles. The molecule has 0 heterocycles. The van der Waals surface area contributed by atoms with Gasteiger partial charge in [0.25, 0.3) is 10.1 Å². The van der Waals surface area contributed by atoms with Gasteiger partial charge in [0.2, 0.25) is 0 Å². The van der Waals surface area contributed by atoms with E-state index in [0.717, 1.165) is 7.11 Å². The Bertz CT molecular complexity index is 377. The fourth-order valence-corrected chi connectivity index (χ4v) is 1.58. The van der Waals surface area contributed by atoms with Crippen LogP contribution in [0.4, 0.5) is 5.69 Å². The van der Waals surface area contributed by atoms with Crippen LogP contribution >= 0.6 is 0 Å². The van der Waals surface area contributed by atoms with E-state index >= 15 is 0 Å². The fourth-order valence-electron chi connectivity index (χ4n) is 0.798. The molecule has 0 amide bonds. The van der Waals surface area contributed by atoms with Crippen molar-refractivity contribution in [1.82, 2.24) is 0 Å². The molecule has 6 heteroatoms. The van der Waals surface area contributed by atoms with Gasteiger partial charge in [0.05, 0.1) is 12.8 Å². The van der Waals surface area contributed by atoms with Gasteiger partial charge in [0.1, 0.15) is 4.90 Å². The molecule has 0 spiro atoms. The third-order valence-corrected chi connectivity index (χ3v) is 2.76. The van der Waals surface area contributed by atoms with Gasteiger partial charge >= 0.3 is 0 Å². The standard InChI is InChI=1S/C7H9NO3S.Na/c1-11-12(9,10)7-5-3-2-4-6(7)8;/h2-5H,8H2,1H3;. The van der Waals surface area contributed by atoms with E-state index in [0.29, 0.717) is 0 Å². The summed E-state index contributed by atoms with van der Waals surface area (Å²) in [5, 5.41) is 0. The summed E-state index contributed by atoms with van der Waals surface area (Å²) in [6.45, 7) is 0. The molecule has 1 rings (SSSR count). The predicted molar refractivity (Wildman–Crippen MR) is 50.8 cm³/mol. The van der Waals surface area contributed by atoms with Crippen LogP contribution < -0.4 is 5.73 Å². The second kappa shape index (κ2) is 4.97. The molecule has 1 radical (unpaired) electrons. The number of anilines is 1. The number of hydrogen-bond acceptors (Lipinski definition) is 4. The number of nitrogens with two attached hydrogens (primary N) is 1. The Morgan fingerprint density at radius 1 is 1.31 bits per heavy atom. The van der Waals surface area contributed by atoms with Crippen molar-refractivity contribution in [2.75, 3.05) is 12.8 Å². The second-order valence-corrected chi connectivity index (χ2v) is 3.84. The van der Waals surface area contributed by atoms with Crippen molar-refractivity contribution in [2.24, 2.45) is 0 Å². The summed E-state index contributed by atoms with van der Waals surface area (Å²) in [5.74, 6) is 0. The van der Waals surface area contributed by atoms with Gasteiger partial charge in [-0.05, 0) is 12.1 Å². The summed E-state index contributed by atoms with van der Waals surface area (Å²) >= 11 is 0. The smallest absolute Gasteiger partial charge is 0.298 e. The molecule has 0 bridgehead atoms. The Morgan fingerprint density at radius 2 is 1.85 bits per heavy atom. The van der Waals surface area contributed by atoms with Crippen molar-refractivity contribution in [1.29, 1.82) is 0 Å². The SMILES string of the molecule is COS(=O)(=O)c1ccccc1N.[Na]. The molecule has 0 saturated carbocycles. The predicted octanol–water partition coefficient (Wildman–Crippen LogP) is 0.223. The van der Waals surface area contributed by atoms with E-state index in [9.17, 15) is 8.42 Å². The van der Waals surface area contributed by atoms with Crippen LogP contribution in [0.25, 0.3) is 0 Å². The van der Waals surface area contributed by atoms with Gasteiger partial charge in [-0.25, -0.2) is 0 Å². The van der Waals surface area contributed by atoms with Gasteiger partial charge < -0.3 is 5.73 Å². The van der Waals surface area contributed by atoms with E-state index in [1.165, 1.54) is 12.1 Å². The first-order chi connectivity index (χ1) is 5.58. The van der Waals surface area contributed by atoms with Gasteiger partial charge in [-0.15, -0.1) is 0 Å². The van der Waals surface area contributed by atoms with Crippen LogP contribution in [0.1, 0.15) is 0 Å². The van der Waals surface area contributed by atoms with E-state index in [-0.39, 0.29) is 40.1 Å². The number of rotatable bonds is 2. The number of hydrogen-bond donors (Lipinski definition) is 1. The minimum absolute atomic E-state index is 0. The summed E-state index contributed by atoms with van der Waals surface area (Å²) in [6, 6.07) is 6.15. The summed E-state index contributed by atoms with van der Waals surface area (Å²) in [6.07, 6.45) is 0. The largest absolute Gasteiger partial charge is 0.398 e. The third-order valence-electron chi connectivity index (χ3n) is 1.41. The van der Waals surface area contributed by atoms with Crippen molar-refractivity contribution < 1.29 is 12.6 Å². The molecule has 0 atom stereocenters. The van der Waals surface area contributed by atoms with Crippen molar-refractivity contribution in [3.63, 3.8) is 0 Å². The Balaban J connectivity index is 0.00000144. The zero-order chi connectivity index (χ0) is 9.19. The molecule has 1 aromatic rings. The molecule has 0 aliphatic heterocycles. The molecular weight excluding hydrogens is 201 g/mol. The summed E-state index contributed by atoms with van der Waals surface area (Å²) in [7, 11) is -2.55. The van der Waals surface area contributed by atoms with Gasteiger partial charge in [0.15, 0.2) is 0 Å². The first-order valence-electron chi connectivity index (χ1n) is 3.23. The van der Waals surface area contributed by atoms with Crippen molar-refractivity contribution >= 4 is 45.4 Å². The van der Waals surface area contributed by atoms with Gasteiger partial charge in [-0.2, -0.15) is 8.42 Å². The minimum atomic E-state index is -3.65. The van der Waals surface area contributed by atoms with Crippen LogP contribution in [0, 0.1) is 0 Å². The zero-order valence-electron chi connectivity index (χ0n) is 7.52. The first kappa shape index (κ1) is 12.9. The molecule has 0 aromatic heterocycles. The maximum atomic E-state index is 11.1. The van der Waals surface area contributed by atoms with Crippen LogP contribution in [0.5, 0.6) is 0 Å². The van der Waals surface area contributed by atoms with Gasteiger partial charge in [-0.3, -0.25) is 4.18 Å². The number of para-hydroxylation sites is 1. The number of nitrogen functional groups attached to an aromatic ring is 1. The summed E-state index contributed by atoms with van der Waals surface area (Å²) in [4.78, 5) is 0.00694. The van der Waals surface area contributed by atoms with Gasteiger partial charge in [0, 0.05) is 29.6 Å². The maximum Gasteiger partial charge on any atom is 0.298 e. The van der Waals surface area contributed by atoms with E-state index in [1.807, 2.05) is 0 Å². The molecule has 4 nitrogen and oxygen atoms in total. The minimum Gasteiger partial charge on any atom is -0.398 e. The average molecular weight is 210 g/mol. The quantitative estimate of drug-likeness (QED) is 0.431. The van der Waals surface area contributed by atoms with Crippen molar-refractivity contribution in [3.8, 4) is 0 Å². The van der Waals surface area contributed by atoms with Gasteiger partial charge in [-0.1, -0.05) is 12.1 Å². The third kappa shape index (κ3) is 2.96. The maximum absolute atomic E-state index is 11.1. The van der Waals surface area contributed by atoms with E-state index in [1.54, 1.807) is 12.1 Å². The molecule has 0 aliphatic carbocycles. The molecular formula is C7H9NNaO3S. The molecule has 0 aliphatic rings. The second-order valence-electron chi connectivity index (χ2n) is 2.16. The molecule has 0 fully saturated rings. The Hall–Kier alpha value is -0.0700. The Labute approximate surface area is 99.5 Å². The van der Waals surface area contributed by atoms with E-state index < -0.39 is 10.1 Å². The molecule has 67 valence electrons. The summed E-state index contributed by atoms with van der Waals surface area (Å²) < 4.78 is 26.5. The summed E-state index contributed by atoms with van der Waals surface area (Å²) in [5.41, 5.74) is 5.62. The molecule has 1 aromatic carbocycles. The topological polar surface area (TPSA) is 69.4 Å². The number of benzene rings is 1. The van der Waals surface area contributed by atoms with Crippen LogP contribution in [-0.2, 0) is 14.3 Å². The molecule has 0 unspecified atom stereocenters. The average Bonchev–Trinajstić information content (AvgIpc) is 2.05. The monoisotopic (exact) mass is 210 g/mol. The Kier molecular flexibility index (Phi) is 4.95. The normalized spacial score (nSPS) is 10.5. The zero-order valence-corrected chi connectivity index (χ0v) is 10.3. The van der Waals surface area contributed by atoms with Crippen LogP contribution in [0.15, 0.2) is 29.2 Å². The van der Waals surface area contributed by atoms with E-state index in [2.05, 4.69) is 4.18 Å². The van der Waals surface area contributed by atoms with Crippen molar-refractivity contribution in [2.45, 2.75) is 4.90 Å². The first-order valence-corrected chi connectivity index (χ1v) is 4.64.